The number of nitrogens with zero attached hydrogens (tertiary/aromatic N) is 3. The third-order valence-corrected chi connectivity index (χ3v) is 8.47. The van der Waals surface area contributed by atoms with Gasteiger partial charge in [0.05, 0.1) is 11.6 Å². The molecular weight excluding hydrogens is 559 g/mol. The van der Waals surface area contributed by atoms with E-state index in [9.17, 15) is 27.6 Å². The summed E-state index contributed by atoms with van der Waals surface area (Å²) in [6.45, 7) is 8.84. The maximum atomic E-state index is 14.3. The van der Waals surface area contributed by atoms with E-state index in [1.807, 2.05) is 20.8 Å². The monoisotopic (exact) mass is 601 g/mol. The molecule has 2 aromatic rings. The topological polar surface area (TPSA) is 70.2 Å². The molecule has 2 aliphatic rings. The van der Waals surface area contributed by atoms with Gasteiger partial charge in [-0.1, -0.05) is 24.3 Å². The molecule has 2 saturated heterocycles. The number of amides is 2. The molecule has 0 bridgehead atoms. The molecule has 2 aromatic carbocycles. The Morgan fingerprint density at radius 1 is 0.907 bits per heavy atom. The first-order valence-electron chi connectivity index (χ1n) is 15.3. The van der Waals surface area contributed by atoms with E-state index in [-0.39, 0.29) is 36.4 Å². The molecule has 0 aromatic heterocycles. The van der Waals surface area contributed by atoms with Crippen LogP contribution in [-0.4, -0.2) is 77.4 Å². The van der Waals surface area contributed by atoms with Gasteiger partial charge in [0.1, 0.15) is 11.9 Å². The second-order valence-electron chi connectivity index (χ2n) is 11.8. The average molecular weight is 602 g/mol. The SMILES string of the molecule is CC(C)N(C(=O)C1CCCN1C(=O)COC(=O)CCCCN1CCCC1)C(C)c1ccc(-c2c(F)ccc(F)c2F)cc1. The van der Waals surface area contributed by atoms with Gasteiger partial charge in [-0.15, -0.1) is 0 Å². The second-order valence-corrected chi connectivity index (χ2v) is 11.8. The molecule has 0 aliphatic carbocycles. The van der Waals surface area contributed by atoms with Crippen LogP contribution in [0, 0.1) is 17.5 Å². The number of hydrogen-bond donors (Lipinski definition) is 0. The van der Waals surface area contributed by atoms with Crippen molar-refractivity contribution in [1.29, 1.82) is 0 Å². The van der Waals surface area contributed by atoms with E-state index in [0.29, 0.717) is 25.8 Å². The van der Waals surface area contributed by atoms with Crippen LogP contribution in [-0.2, 0) is 19.1 Å². The van der Waals surface area contributed by atoms with Crippen LogP contribution < -0.4 is 0 Å². The van der Waals surface area contributed by atoms with Crippen molar-refractivity contribution in [3.8, 4) is 11.1 Å². The second kappa shape index (κ2) is 14.9. The first-order chi connectivity index (χ1) is 20.6. The zero-order valence-corrected chi connectivity index (χ0v) is 25.3. The first-order valence-corrected chi connectivity index (χ1v) is 15.3. The lowest BCUT2D eigenvalue weighted by Crippen LogP contribution is -2.51. The Balaban J connectivity index is 1.35. The molecule has 43 heavy (non-hydrogen) atoms. The Labute approximate surface area is 252 Å². The number of halogens is 3. The molecule has 2 fully saturated rings. The van der Waals surface area contributed by atoms with Crippen LogP contribution in [0.2, 0.25) is 0 Å². The Hall–Kier alpha value is -3.40. The van der Waals surface area contributed by atoms with Gasteiger partial charge >= 0.3 is 5.97 Å². The molecule has 10 heteroatoms. The normalized spacial score (nSPS) is 17.8. The third-order valence-electron chi connectivity index (χ3n) is 8.47. The van der Waals surface area contributed by atoms with Crippen molar-refractivity contribution in [3.63, 3.8) is 0 Å². The van der Waals surface area contributed by atoms with Gasteiger partial charge in [0, 0.05) is 19.0 Å². The van der Waals surface area contributed by atoms with Crippen LogP contribution in [0.15, 0.2) is 36.4 Å². The lowest BCUT2D eigenvalue weighted by Gasteiger charge is -2.37. The van der Waals surface area contributed by atoms with Gasteiger partial charge in [0.2, 0.25) is 5.91 Å². The Morgan fingerprint density at radius 3 is 2.26 bits per heavy atom. The lowest BCUT2D eigenvalue weighted by molar-refractivity contribution is -0.155. The van der Waals surface area contributed by atoms with Gasteiger partial charge in [-0.2, -0.15) is 0 Å². The van der Waals surface area contributed by atoms with E-state index in [0.717, 1.165) is 43.8 Å². The van der Waals surface area contributed by atoms with E-state index >= 15 is 0 Å². The fraction of sp³-hybridized carbons (Fsp3) is 0.545. The standard InChI is InChI=1S/C33H42F3N3O4/c1-22(2)39(23(3)24-11-13-25(14-12-24)31-26(34)15-16-27(35)32(31)36)33(42)28-9-8-20-38(28)29(40)21-43-30(41)10-4-5-17-37-18-6-7-19-37/h11-16,22-23,28H,4-10,17-21H2,1-3H3. The summed E-state index contributed by atoms with van der Waals surface area (Å²) in [5.74, 6) is -4.27. The number of rotatable bonds is 12. The van der Waals surface area contributed by atoms with Crippen molar-refractivity contribution in [2.45, 2.75) is 83.8 Å². The summed E-state index contributed by atoms with van der Waals surface area (Å²) in [6.07, 6.45) is 5.51. The molecule has 7 nitrogen and oxygen atoms in total. The zero-order chi connectivity index (χ0) is 31.1. The van der Waals surface area contributed by atoms with Gasteiger partial charge in [0.25, 0.3) is 5.91 Å². The Kier molecular flexibility index (Phi) is 11.2. The van der Waals surface area contributed by atoms with Crippen molar-refractivity contribution < 1.29 is 32.3 Å². The molecule has 0 N–H and O–H groups in total. The lowest BCUT2D eigenvalue weighted by atomic mass is 9.98. The molecule has 0 radical (unpaired) electrons. The van der Waals surface area contributed by atoms with E-state index < -0.39 is 41.1 Å². The highest BCUT2D eigenvalue weighted by Gasteiger charge is 2.39. The highest BCUT2D eigenvalue weighted by atomic mass is 19.2. The van der Waals surface area contributed by atoms with Crippen molar-refractivity contribution in [2.75, 3.05) is 32.8 Å². The number of carbonyl (C=O) groups is 3. The number of likely N-dealkylation sites (tertiary alicyclic amines) is 2. The number of ether oxygens (including phenoxy) is 1. The van der Waals surface area contributed by atoms with E-state index in [2.05, 4.69) is 4.90 Å². The number of unbranched alkanes of at least 4 members (excludes halogenated alkanes) is 1. The van der Waals surface area contributed by atoms with Crippen molar-refractivity contribution >= 4 is 17.8 Å². The fourth-order valence-corrected chi connectivity index (χ4v) is 6.18. The molecule has 0 spiro atoms. The summed E-state index contributed by atoms with van der Waals surface area (Å²) in [7, 11) is 0. The predicted octanol–water partition coefficient (Wildman–Crippen LogP) is 5.87. The van der Waals surface area contributed by atoms with Crippen LogP contribution in [0.3, 0.4) is 0 Å². The molecule has 2 heterocycles. The summed E-state index contributed by atoms with van der Waals surface area (Å²) < 4.78 is 47.6. The molecule has 2 amide bonds. The molecule has 2 atom stereocenters. The minimum absolute atomic E-state index is 0.182. The molecule has 4 rings (SSSR count). The first kappa shape index (κ1) is 32.5. The highest BCUT2D eigenvalue weighted by molar-refractivity contribution is 5.89. The van der Waals surface area contributed by atoms with Gasteiger partial charge in [0.15, 0.2) is 18.2 Å². The zero-order valence-electron chi connectivity index (χ0n) is 25.3. The smallest absolute Gasteiger partial charge is 0.306 e. The van der Waals surface area contributed by atoms with Crippen LogP contribution in [0.5, 0.6) is 0 Å². The largest absolute Gasteiger partial charge is 0.456 e. The molecular formula is C33H42F3N3O4. The summed E-state index contributed by atoms with van der Waals surface area (Å²) >= 11 is 0. The quantitative estimate of drug-likeness (QED) is 0.173. The van der Waals surface area contributed by atoms with Gasteiger partial charge in [-0.3, -0.25) is 14.4 Å². The Morgan fingerprint density at radius 2 is 1.58 bits per heavy atom. The van der Waals surface area contributed by atoms with Crippen LogP contribution in [0.1, 0.15) is 77.3 Å². The van der Waals surface area contributed by atoms with Gasteiger partial charge in [-0.25, -0.2) is 13.2 Å². The summed E-state index contributed by atoms with van der Waals surface area (Å²) in [5.41, 5.74) is 0.456. The number of benzene rings is 2. The van der Waals surface area contributed by atoms with E-state index in [4.69, 9.17) is 4.74 Å². The summed E-state index contributed by atoms with van der Waals surface area (Å²) in [6, 6.07) is 6.65. The van der Waals surface area contributed by atoms with E-state index in [1.54, 1.807) is 17.0 Å². The minimum atomic E-state index is -1.26. The maximum Gasteiger partial charge on any atom is 0.306 e. The number of hydrogen-bond acceptors (Lipinski definition) is 5. The molecule has 234 valence electrons. The Bertz CT molecular complexity index is 1280. The number of carbonyl (C=O) groups excluding carboxylic acids is 3. The highest BCUT2D eigenvalue weighted by Crippen LogP contribution is 2.32. The fourth-order valence-electron chi connectivity index (χ4n) is 6.18. The van der Waals surface area contributed by atoms with Crippen molar-refractivity contribution in [3.05, 3.63) is 59.4 Å². The van der Waals surface area contributed by atoms with Gasteiger partial charge < -0.3 is 19.4 Å². The maximum absolute atomic E-state index is 14.3. The van der Waals surface area contributed by atoms with E-state index in [1.165, 1.54) is 29.9 Å². The van der Waals surface area contributed by atoms with Gasteiger partial charge in [-0.05, 0) is 102 Å². The van der Waals surface area contributed by atoms with Crippen LogP contribution in [0.25, 0.3) is 11.1 Å². The summed E-state index contributed by atoms with van der Waals surface area (Å²) in [4.78, 5) is 44.7. The minimum Gasteiger partial charge on any atom is -0.456 e. The predicted molar refractivity (Wildman–Crippen MR) is 157 cm³/mol. The average Bonchev–Trinajstić information content (AvgIpc) is 3.69. The van der Waals surface area contributed by atoms with Crippen LogP contribution >= 0.6 is 0 Å². The number of esters is 1. The molecule has 2 unspecified atom stereocenters. The van der Waals surface area contributed by atoms with Crippen molar-refractivity contribution in [1.82, 2.24) is 14.7 Å². The third kappa shape index (κ3) is 7.96. The molecule has 2 aliphatic heterocycles. The van der Waals surface area contributed by atoms with Crippen LogP contribution in [0.4, 0.5) is 13.2 Å². The van der Waals surface area contributed by atoms with Crippen molar-refractivity contribution in [2.24, 2.45) is 0 Å². The molecule has 0 saturated carbocycles. The summed E-state index contributed by atoms with van der Waals surface area (Å²) in [5, 5.41) is 0.